The van der Waals surface area contributed by atoms with Gasteiger partial charge in [0.05, 0.1) is 5.52 Å². The molecule has 0 aliphatic carbocycles. The van der Waals surface area contributed by atoms with Gasteiger partial charge in [-0.05, 0) is 37.1 Å². The molecule has 0 saturated carbocycles. The molecule has 3 aromatic rings. The zero-order valence-electron chi connectivity index (χ0n) is 15.2. The van der Waals surface area contributed by atoms with Crippen LogP contribution < -0.4 is 10.5 Å². The minimum atomic E-state index is -0.498. The molecule has 0 bridgehead atoms. The number of pyridine rings is 1. The second kappa shape index (κ2) is 8.47. The normalized spacial score (nSPS) is 10.5. The summed E-state index contributed by atoms with van der Waals surface area (Å²) in [7, 11) is 1.62. The number of aryl methyl sites for hydroxylation is 2. The van der Waals surface area contributed by atoms with Crippen LogP contribution in [0.5, 0.6) is 5.75 Å². The predicted molar refractivity (Wildman–Crippen MR) is 111 cm³/mol. The van der Waals surface area contributed by atoms with Gasteiger partial charge in [0.15, 0.2) is 0 Å². The third kappa shape index (κ3) is 3.53. The Kier molecular flexibility index (Phi) is 6.53. The number of hydrogen-bond donors (Lipinski definition) is 1. The van der Waals surface area contributed by atoms with Crippen molar-refractivity contribution < 1.29 is 9.90 Å². The number of fused-ring (bicyclic) bond motifs is 1. The molecule has 2 aromatic carbocycles. The number of carbonyl (C=O) groups is 1. The number of benzene rings is 2. The van der Waals surface area contributed by atoms with Crippen LogP contribution in [0.3, 0.4) is 0 Å². The maximum atomic E-state index is 13.2. The van der Waals surface area contributed by atoms with Crippen molar-refractivity contribution in [3.63, 3.8) is 0 Å². The van der Waals surface area contributed by atoms with Crippen molar-refractivity contribution in [2.24, 2.45) is 7.05 Å². The first-order valence-corrected chi connectivity index (χ1v) is 8.71. The van der Waals surface area contributed by atoms with E-state index in [2.05, 4.69) is 0 Å². The first-order chi connectivity index (χ1) is 12.5. The van der Waals surface area contributed by atoms with E-state index in [1.807, 2.05) is 44.2 Å². The molecule has 0 atom stereocenters. The number of anilines is 1. The summed E-state index contributed by atoms with van der Waals surface area (Å²) in [5.74, 6) is -0.732. The molecule has 1 aromatic heterocycles. The Morgan fingerprint density at radius 3 is 2.33 bits per heavy atom. The van der Waals surface area contributed by atoms with Gasteiger partial charge in [0.25, 0.3) is 11.5 Å². The summed E-state index contributed by atoms with van der Waals surface area (Å²) >= 11 is 0. The third-order valence-corrected chi connectivity index (χ3v) is 4.71. The van der Waals surface area contributed by atoms with Crippen molar-refractivity contribution in [3.05, 3.63) is 70.0 Å². The van der Waals surface area contributed by atoms with E-state index in [1.165, 1.54) is 9.47 Å². The fourth-order valence-electron chi connectivity index (χ4n) is 3.32. The van der Waals surface area contributed by atoms with Crippen molar-refractivity contribution in [1.82, 2.24) is 4.57 Å². The van der Waals surface area contributed by atoms with Gasteiger partial charge in [-0.2, -0.15) is 0 Å². The Balaban J connectivity index is 0.00000261. The van der Waals surface area contributed by atoms with Gasteiger partial charge in [-0.25, -0.2) is 0 Å². The van der Waals surface area contributed by atoms with Gasteiger partial charge in [0.2, 0.25) is 0 Å². The maximum absolute atomic E-state index is 13.2. The quantitative estimate of drug-likeness (QED) is 0.730. The number of para-hydroxylation sites is 1. The zero-order chi connectivity index (χ0) is 18.8. The second-order valence-corrected chi connectivity index (χ2v) is 6.14. The Bertz CT molecular complexity index is 1030. The number of hydrogen-bond acceptors (Lipinski definition) is 3. The molecular weight excluding hydrogens is 335 g/mol. The average Bonchev–Trinajstić information content (AvgIpc) is 2.67. The fraction of sp³-hybridized carbons (Fsp3) is 0.238. The van der Waals surface area contributed by atoms with Gasteiger partial charge in [0.1, 0.15) is 11.3 Å². The third-order valence-electron chi connectivity index (χ3n) is 4.71. The molecule has 0 fully saturated rings. The molecule has 3 rings (SSSR count). The Labute approximate surface area is 170 Å². The molecule has 5 nitrogen and oxygen atoms in total. The standard InChI is InChI=1S/C21H22N2O3.Li.H/c1-4-14-10-9-13-16-17(14)19(24)18(20(25)22(16)3)21(26)23(5-2)15-11-7-6-8-12-15;;/h6-13,24H,4-5H2,1-3H3;;. The van der Waals surface area contributed by atoms with Gasteiger partial charge in [-0.15, -0.1) is 0 Å². The molecule has 0 unspecified atom stereocenters. The summed E-state index contributed by atoms with van der Waals surface area (Å²) in [6.45, 7) is 4.20. The number of carbonyl (C=O) groups excluding carboxylic acids is 1. The van der Waals surface area contributed by atoms with E-state index in [4.69, 9.17) is 0 Å². The number of nitrogens with zero attached hydrogens (tertiary/aromatic N) is 2. The molecule has 0 saturated heterocycles. The summed E-state index contributed by atoms with van der Waals surface area (Å²) < 4.78 is 1.43. The molecule has 136 valence electrons. The van der Waals surface area contributed by atoms with Crippen LogP contribution in [-0.4, -0.2) is 41.0 Å². The van der Waals surface area contributed by atoms with Crippen LogP contribution in [-0.2, 0) is 13.5 Å². The van der Waals surface area contributed by atoms with E-state index in [9.17, 15) is 14.7 Å². The van der Waals surface area contributed by atoms with Crippen molar-refractivity contribution in [2.75, 3.05) is 11.4 Å². The summed E-state index contributed by atoms with van der Waals surface area (Å²) in [5.41, 5.74) is 1.51. The van der Waals surface area contributed by atoms with Crippen LogP contribution in [0.1, 0.15) is 29.8 Å². The molecule has 6 heteroatoms. The molecular formula is C21H23LiN2O3. The van der Waals surface area contributed by atoms with E-state index < -0.39 is 11.5 Å². The average molecular weight is 358 g/mol. The van der Waals surface area contributed by atoms with Crippen molar-refractivity contribution in [1.29, 1.82) is 0 Å². The van der Waals surface area contributed by atoms with E-state index >= 15 is 0 Å². The Morgan fingerprint density at radius 2 is 1.74 bits per heavy atom. The summed E-state index contributed by atoms with van der Waals surface area (Å²) in [6.07, 6.45) is 0.687. The van der Waals surface area contributed by atoms with Crippen LogP contribution in [0.25, 0.3) is 10.9 Å². The Morgan fingerprint density at radius 1 is 1.07 bits per heavy atom. The Hall–Kier alpha value is -2.48. The SMILES string of the molecule is CCc1cccc2c1c(O)c(C(=O)N(CC)c1ccccc1)c(=O)n2C.[LiH]. The number of aromatic nitrogens is 1. The van der Waals surface area contributed by atoms with Crippen LogP contribution in [0.15, 0.2) is 53.3 Å². The van der Waals surface area contributed by atoms with Crippen molar-refractivity contribution in [3.8, 4) is 5.75 Å². The van der Waals surface area contributed by atoms with Gasteiger partial charge in [-0.3, -0.25) is 9.59 Å². The van der Waals surface area contributed by atoms with Gasteiger partial charge >= 0.3 is 18.9 Å². The van der Waals surface area contributed by atoms with Gasteiger partial charge in [0, 0.05) is 24.7 Å². The zero-order valence-corrected chi connectivity index (χ0v) is 15.2. The first-order valence-electron chi connectivity index (χ1n) is 8.71. The fourth-order valence-corrected chi connectivity index (χ4v) is 3.32. The van der Waals surface area contributed by atoms with Gasteiger partial charge < -0.3 is 14.6 Å². The van der Waals surface area contributed by atoms with E-state index in [0.717, 1.165) is 5.56 Å². The number of amides is 1. The van der Waals surface area contributed by atoms with Gasteiger partial charge in [-0.1, -0.05) is 37.3 Å². The molecule has 1 heterocycles. The molecule has 27 heavy (non-hydrogen) atoms. The number of aromatic hydroxyl groups is 1. The minimum absolute atomic E-state index is 0. The second-order valence-electron chi connectivity index (χ2n) is 6.14. The number of rotatable bonds is 4. The van der Waals surface area contributed by atoms with Crippen LogP contribution >= 0.6 is 0 Å². The summed E-state index contributed by atoms with van der Waals surface area (Å²) in [5, 5.41) is 11.4. The van der Waals surface area contributed by atoms with Crippen molar-refractivity contribution in [2.45, 2.75) is 20.3 Å². The van der Waals surface area contributed by atoms with E-state index in [0.29, 0.717) is 29.6 Å². The summed E-state index contributed by atoms with van der Waals surface area (Å²) in [4.78, 5) is 27.5. The van der Waals surface area contributed by atoms with Crippen LogP contribution in [0.4, 0.5) is 5.69 Å². The predicted octanol–water partition coefficient (Wildman–Crippen LogP) is 2.82. The molecule has 0 aliphatic heterocycles. The molecule has 0 spiro atoms. The van der Waals surface area contributed by atoms with Crippen LogP contribution in [0, 0.1) is 0 Å². The molecule has 0 radical (unpaired) electrons. The topological polar surface area (TPSA) is 62.5 Å². The van der Waals surface area contributed by atoms with E-state index in [1.54, 1.807) is 25.2 Å². The molecule has 1 N–H and O–H groups in total. The monoisotopic (exact) mass is 358 g/mol. The van der Waals surface area contributed by atoms with E-state index in [-0.39, 0.29) is 30.2 Å². The molecule has 1 amide bonds. The molecule has 0 aliphatic rings. The van der Waals surface area contributed by atoms with Crippen molar-refractivity contribution >= 4 is 41.4 Å². The first kappa shape index (κ1) is 20.8. The van der Waals surface area contributed by atoms with Crippen LogP contribution in [0.2, 0.25) is 0 Å². The summed E-state index contributed by atoms with van der Waals surface area (Å²) in [6, 6.07) is 14.7.